The fourth-order valence-corrected chi connectivity index (χ4v) is 3.57. The third kappa shape index (κ3) is 3.68. The van der Waals surface area contributed by atoms with E-state index in [9.17, 15) is 5.11 Å². The molecule has 0 spiro atoms. The van der Waals surface area contributed by atoms with Crippen molar-refractivity contribution < 1.29 is 9.84 Å². The molecule has 1 aromatic heterocycles. The maximum absolute atomic E-state index is 9.81. The van der Waals surface area contributed by atoms with Crippen LogP contribution in [0.5, 0.6) is 0 Å². The first-order valence-electron chi connectivity index (χ1n) is 8.34. The lowest BCUT2D eigenvalue weighted by atomic mass is 9.80. The number of fused-ring (bicyclic) bond motifs is 1. The predicted molar refractivity (Wildman–Crippen MR) is 84.5 cm³/mol. The zero-order chi connectivity index (χ0) is 15.4. The Balaban J connectivity index is 1.60. The van der Waals surface area contributed by atoms with Crippen LogP contribution in [0.25, 0.3) is 0 Å². The first-order valence-corrected chi connectivity index (χ1v) is 8.34. The lowest BCUT2D eigenvalue weighted by Gasteiger charge is -2.38. The van der Waals surface area contributed by atoms with Crippen LogP contribution in [0, 0.1) is 5.41 Å². The summed E-state index contributed by atoms with van der Waals surface area (Å²) in [6.07, 6.45) is 3.02. The number of nitrogens with one attached hydrogen (secondary N) is 1. The molecule has 0 unspecified atom stereocenters. The summed E-state index contributed by atoms with van der Waals surface area (Å²) in [4.78, 5) is 2.29. The summed E-state index contributed by atoms with van der Waals surface area (Å²) in [5.41, 5.74) is 2.40. The molecular formula is C16H28N4O2. The molecule has 2 aliphatic rings. The van der Waals surface area contributed by atoms with Crippen LogP contribution >= 0.6 is 0 Å². The molecule has 22 heavy (non-hydrogen) atoms. The minimum Gasteiger partial charge on any atom is -0.396 e. The van der Waals surface area contributed by atoms with E-state index in [0.717, 1.165) is 70.9 Å². The summed E-state index contributed by atoms with van der Waals surface area (Å²) < 4.78 is 7.58. The number of aliphatic hydroxyl groups excluding tert-OH is 1. The van der Waals surface area contributed by atoms with Crippen LogP contribution in [-0.2, 0) is 24.4 Å². The van der Waals surface area contributed by atoms with Gasteiger partial charge in [-0.05, 0) is 38.9 Å². The second kappa shape index (κ2) is 7.08. The maximum Gasteiger partial charge on any atom is 0.0768 e. The number of aryl methyl sites for hydroxylation is 1. The molecule has 1 aromatic rings. The lowest BCUT2D eigenvalue weighted by molar-refractivity contribution is -0.0319. The van der Waals surface area contributed by atoms with Gasteiger partial charge in [-0.2, -0.15) is 5.10 Å². The lowest BCUT2D eigenvalue weighted by Crippen LogP contribution is -2.42. The van der Waals surface area contributed by atoms with Gasteiger partial charge in [-0.3, -0.25) is 9.58 Å². The van der Waals surface area contributed by atoms with Gasteiger partial charge in [0.1, 0.15) is 0 Å². The topological polar surface area (TPSA) is 62.6 Å². The van der Waals surface area contributed by atoms with Crippen LogP contribution in [0.3, 0.4) is 0 Å². The van der Waals surface area contributed by atoms with Crippen molar-refractivity contribution in [1.82, 2.24) is 20.0 Å². The van der Waals surface area contributed by atoms with Crippen LogP contribution < -0.4 is 5.32 Å². The van der Waals surface area contributed by atoms with E-state index in [-0.39, 0.29) is 12.0 Å². The Morgan fingerprint density at radius 2 is 2.27 bits per heavy atom. The number of aliphatic hydroxyl groups is 1. The first-order chi connectivity index (χ1) is 10.7. The molecule has 6 nitrogen and oxygen atoms in total. The van der Waals surface area contributed by atoms with Crippen LogP contribution in [0.2, 0.25) is 0 Å². The highest BCUT2D eigenvalue weighted by Crippen LogP contribution is 2.31. The average Bonchev–Trinajstić information content (AvgIpc) is 2.76. The van der Waals surface area contributed by atoms with E-state index in [4.69, 9.17) is 9.84 Å². The van der Waals surface area contributed by atoms with Crippen molar-refractivity contribution in [2.45, 2.75) is 38.9 Å². The van der Waals surface area contributed by atoms with Crippen molar-refractivity contribution in [3.63, 3.8) is 0 Å². The highest BCUT2D eigenvalue weighted by atomic mass is 16.5. The van der Waals surface area contributed by atoms with Crippen LogP contribution in [0.1, 0.15) is 30.7 Å². The van der Waals surface area contributed by atoms with Gasteiger partial charge < -0.3 is 15.2 Å². The van der Waals surface area contributed by atoms with Gasteiger partial charge in [0.15, 0.2) is 0 Å². The van der Waals surface area contributed by atoms with Gasteiger partial charge in [-0.25, -0.2) is 0 Å². The average molecular weight is 308 g/mol. The van der Waals surface area contributed by atoms with Gasteiger partial charge in [0, 0.05) is 44.8 Å². The summed E-state index contributed by atoms with van der Waals surface area (Å²) in [6.45, 7) is 6.48. The molecule has 0 saturated carbocycles. The normalized spacial score (nSPS) is 21.6. The monoisotopic (exact) mass is 308 g/mol. The van der Waals surface area contributed by atoms with Crippen LogP contribution in [0.15, 0.2) is 6.07 Å². The standard InChI is InChI=1S/C16H28N4O2/c1-19(12-16(13-21)3-7-22-8-4-16)11-14-9-15-10-17-5-2-6-20(15)18-14/h9,17,21H,2-8,10-13H2,1H3. The number of nitrogens with zero attached hydrogens (tertiary/aromatic N) is 3. The van der Waals surface area contributed by atoms with E-state index < -0.39 is 0 Å². The largest absolute Gasteiger partial charge is 0.396 e. The SMILES string of the molecule is CN(Cc1cc2n(n1)CCCNC2)CC1(CO)CCOCC1. The maximum atomic E-state index is 9.81. The van der Waals surface area contributed by atoms with Gasteiger partial charge in [0.05, 0.1) is 18.0 Å². The van der Waals surface area contributed by atoms with E-state index in [1.54, 1.807) is 0 Å². The molecule has 0 bridgehead atoms. The minimum atomic E-state index is -0.00854. The van der Waals surface area contributed by atoms with Crippen molar-refractivity contribution in [2.75, 3.05) is 40.0 Å². The Bertz CT molecular complexity index is 459. The smallest absolute Gasteiger partial charge is 0.0768 e. The van der Waals surface area contributed by atoms with Crippen molar-refractivity contribution in [3.05, 3.63) is 17.5 Å². The highest BCUT2D eigenvalue weighted by molar-refractivity contribution is 5.11. The number of hydrogen-bond donors (Lipinski definition) is 2. The van der Waals surface area contributed by atoms with E-state index in [2.05, 4.69) is 28.0 Å². The molecule has 0 aliphatic carbocycles. The fourth-order valence-electron chi connectivity index (χ4n) is 3.57. The van der Waals surface area contributed by atoms with Crippen molar-refractivity contribution in [3.8, 4) is 0 Å². The third-order valence-electron chi connectivity index (χ3n) is 4.87. The molecule has 0 radical (unpaired) electrons. The van der Waals surface area contributed by atoms with E-state index >= 15 is 0 Å². The van der Waals surface area contributed by atoms with E-state index in [1.165, 1.54) is 5.69 Å². The van der Waals surface area contributed by atoms with E-state index in [0.29, 0.717) is 0 Å². The second-order valence-corrected chi connectivity index (χ2v) is 6.82. The molecule has 0 atom stereocenters. The zero-order valence-electron chi connectivity index (χ0n) is 13.6. The number of hydrogen-bond acceptors (Lipinski definition) is 5. The Morgan fingerprint density at radius 1 is 1.45 bits per heavy atom. The highest BCUT2D eigenvalue weighted by Gasteiger charge is 2.33. The summed E-state index contributed by atoms with van der Waals surface area (Å²) in [7, 11) is 2.12. The predicted octanol–water partition coefficient (Wildman–Crippen LogP) is 0.597. The van der Waals surface area contributed by atoms with E-state index in [1.807, 2.05) is 0 Å². The molecule has 3 rings (SSSR count). The molecule has 0 aromatic carbocycles. The second-order valence-electron chi connectivity index (χ2n) is 6.82. The van der Waals surface area contributed by atoms with Gasteiger partial charge in [-0.15, -0.1) is 0 Å². The molecule has 0 amide bonds. The molecule has 1 fully saturated rings. The summed E-state index contributed by atoms with van der Waals surface area (Å²) in [5.74, 6) is 0. The Kier molecular flexibility index (Phi) is 5.13. The van der Waals surface area contributed by atoms with Crippen LogP contribution in [-0.4, -0.2) is 59.7 Å². The molecule has 2 N–H and O–H groups in total. The first kappa shape index (κ1) is 15.9. The number of rotatable bonds is 5. The summed E-state index contributed by atoms with van der Waals surface area (Å²) in [5, 5.41) is 18.0. The number of aromatic nitrogens is 2. The minimum absolute atomic E-state index is 0.00854. The van der Waals surface area contributed by atoms with Gasteiger partial charge in [0.25, 0.3) is 0 Å². The molecular weight excluding hydrogens is 280 g/mol. The van der Waals surface area contributed by atoms with Crippen LogP contribution in [0.4, 0.5) is 0 Å². The summed E-state index contributed by atoms with van der Waals surface area (Å²) in [6, 6.07) is 2.21. The van der Waals surface area contributed by atoms with Gasteiger partial charge in [0.2, 0.25) is 0 Å². The molecule has 3 heterocycles. The zero-order valence-corrected chi connectivity index (χ0v) is 13.6. The fraction of sp³-hybridized carbons (Fsp3) is 0.812. The summed E-state index contributed by atoms with van der Waals surface area (Å²) >= 11 is 0. The van der Waals surface area contributed by atoms with Gasteiger partial charge >= 0.3 is 0 Å². The number of ether oxygens (including phenoxy) is 1. The third-order valence-corrected chi connectivity index (χ3v) is 4.87. The van der Waals surface area contributed by atoms with Gasteiger partial charge in [-0.1, -0.05) is 0 Å². The quantitative estimate of drug-likeness (QED) is 0.834. The van der Waals surface area contributed by atoms with Crippen molar-refractivity contribution >= 4 is 0 Å². The Morgan fingerprint density at radius 3 is 3.05 bits per heavy atom. The molecule has 1 saturated heterocycles. The Hall–Kier alpha value is -0.950. The van der Waals surface area contributed by atoms with Crippen molar-refractivity contribution in [2.24, 2.45) is 5.41 Å². The molecule has 6 heteroatoms. The van der Waals surface area contributed by atoms with Crippen molar-refractivity contribution in [1.29, 1.82) is 0 Å². The molecule has 124 valence electrons. The Labute approximate surface area is 132 Å². The molecule has 2 aliphatic heterocycles.